The van der Waals surface area contributed by atoms with Crippen LogP contribution in [0.5, 0.6) is 5.75 Å². The van der Waals surface area contributed by atoms with Gasteiger partial charge in [-0.15, -0.1) is 0 Å². The lowest BCUT2D eigenvalue weighted by Crippen LogP contribution is -2.09. The smallest absolute Gasteiger partial charge is 0.124 e. The largest absolute Gasteiger partial charge is 0.491 e. The third kappa shape index (κ3) is 4.28. The molecule has 0 unspecified atom stereocenters. The highest BCUT2D eigenvalue weighted by molar-refractivity contribution is 9.10. The molecule has 0 saturated heterocycles. The number of nitrogens with one attached hydrogen (secondary N) is 1. The minimum absolute atomic E-state index is 0.189. The molecule has 0 aliphatic heterocycles. The predicted molar refractivity (Wildman–Crippen MR) is 83.7 cm³/mol. The quantitative estimate of drug-likeness (QED) is 0.850. The Hall–Kier alpha value is -1.48. The fraction of sp³-hybridized carbons (Fsp3) is 0.250. The van der Waals surface area contributed by atoms with Crippen molar-refractivity contribution in [3.05, 3.63) is 58.6 Å². The van der Waals surface area contributed by atoms with Gasteiger partial charge in [0.05, 0.1) is 6.10 Å². The maximum absolute atomic E-state index is 5.81. The van der Waals surface area contributed by atoms with Crippen molar-refractivity contribution in [2.45, 2.75) is 26.5 Å². The van der Waals surface area contributed by atoms with E-state index in [1.165, 1.54) is 5.56 Å². The van der Waals surface area contributed by atoms with E-state index in [4.69, 9.17) is 4.74 Å². The summed E-state index contributed by atoms with van der Waals surface area (Å²) in [7, 11) is 0. The van der Waals surface area contributed by atoms with Crippen molar-refractivity contribution in [3.63, 3.8) is 0 Å². The Balaban J connectivity index is 2.04. The molecule has 0 aromatic heterocycles. The van der Waals surface area contributed by atoms with Crippen molar-refractivity contribution in [2.75, 3.05) is 5.32 Å². The Morgan fingerprint density at radius 1 is 1.05 bits per heavy atom. The van der Waals surface area contributed by atoms with Gasteiger partial charge in [-0.2, -0.15) is 0 Å². The number of para-hydroxylation sites is 1. The van der Waals surface area contributed by atoms with E-state index in [2.05, 4.69) is 39.4 Å². The van der Waals surface area contributed by atoms with Crippen LogP contribution in [-0.4, -0.2) is 6.10 Å². The van der Waals surface area contributed by atoms with E-state index in [9.17, 15) is 0 Å². The Labute approximate surface area is 122 Å². The molecule has 0 fully saturated rings. The Morgan fingerprint density at radius 3 is 2.42 bits per heavy atom. The first kappa shape index (κ1) is 13.9. The first-order chi connectivity index (χ1) is 9.15. The molecule has 0 aliphatic carbocycles. The lowest BCUT2D eigenvalue weighted by Gasteiger charge is -2.15. The molecule has 0 radical (unpaired) electrons. The van der Waals surface area contributed by atoms with Crippen molar-refractivity contribution >= 4 is 21.6 Å². The van der Waals surface area contributed by atoms with Gasteiger partial charge in [-0.1, -0.05) is 34.1 Å². The summed E-state index contributed by atoms with van der Waals surface area (Å²) in [6, 6.07) is 16.3. The Bertz CT molecular complexity index is 523. The van der Waals surface area contributed by atoms with E-state index in [0.29, 0.717) is 0 Å². The van der Waals surface area contributed by atoms with E-state index in [1.54, 1.807) is 0 Å². The highest BCUT2D eigenvalue weighted by Crippen LogP contribution is 2.21. The van der Waals surface area contributed by atoms with Crippen LogP contribution in [0.25, 0.3) is 0 Å². The summed E-state index contributed by atoms with van der Waals surface area (Å²) >= 11 is 3.43. The number of benzene rings is 2. The molecule has 0 heterocycles. The zero-order valence-corrected chi connectivity index (χ0v) is 12.8. The van der Waals surface area contributed by atoms with Crippen LogP contribution in [0.2, 0.25) is 0 Å². The first-order valence-corrected chi connectivity index (χ1v) is 7.18. The van der Waals surface area contributed by atoms with Gasteiger partial charge in [-0.25, -0.2) is 0 Å². The van der Waals surface area contributed by atoms with Gasteiger partial charge in [-0.05, 0) is 44.2 Å². The molecular weight excluding hydrogens is 302 g/mol. The summed E-state index contributed by atoms with van der Waals surface area (Å²) in [5.41, 5.74) is 2.27. The molecular formula is C16H18BrNO. The van der Waals surface area contributed by atoms with Crippen LogP contribution < -0.4 is 10.1 Å². The number of anilines is 1. The van der Waals surface area contributed by atoms with Gasteiger partial charge >= 0.3 is 0 Å². The van der Waals surface area contributed by atoms with Crippen LogP contribution in [0, 0.1) is 0 Å². The van der Waals surface area contributed by atoms with Crippen molar-refractivity contribution in [3.8, 4) is 5.75 Å². The second-order valence-corrected chi connectivity index (χ2v) is 5.55. The van der Waals surface area contributed by atoms with E-state index < -0.39 is 0 Å². The molecule has 2 aromatic rings. The van der Waals surface area contributed by atoms with Gasteiger partial charge in [-0.3, -0.25) is 0 Å². The van der Waals surface area contributed by atoms with Crippen LogP contribution in [0.1, 0.15) is 19.4 Å². The molecule has 100 valence electrons. The third-order valence-corrected chi connectivity index (χ3v) is 3.19. The lowest BCUT2D eigenvalue weighted by atomic mass is 10.2. The SMILES string of the molecule is CC(C)Oc1ccccc1CNc1ccc(Br)cc1. The maximum atomic E-state index is 5.81. The molecule has 19 heavy (non-hydrogen) atoms. The second-order valence-electron chi connectivity index (χ2n) is 4.63. The first-order valence-electron chi connectivity index (χ1n) is 6.39. The van der Waals surface area contributed by atoms with Gasteiger partial charge < -0.3 is 10.1 Å². The van der Waals surface area contributed by atoms with Gasteiger partial charge in [0, 0.05) is 22.3 Å². The Kier molecular flexibility index (Phi) is 4.86. The summed E-state index contributed by atoms with van der Waals surface area (Å²) in [6.45, 7) is 4.84. The van der Waals surface area contributed by atoms with Crippen molar-refractivity contribution in [1.82, 2.24) is 0 Å². The number of hydrogen-bond donors (Lipinski definition) is 1. The van der Waals surface area contributed by atoms with E-state index in [1.807, 2.05) is 44.2 Å². The zero-order valence-electron chi connectivity index (χ0n) is 11.2. The van der Waals surface area contributed by atoms with Gasteiger partial charge in [0.15, 0.2) is 0 Å². The zero-order chi connectivity index (χ0) is 13.7. The van der Waals surface area contributed by atoms with Crippen LogP contribution in [0.3, 0.4) is 0 Å². The highest BCUT2D eigenvalue weighted by Gasteiger charge is 2.04. The van der Waals surface area contributed by atoms with Crippen molar-refractivity contribution < 1.29 is 4.74 Å². The fourth-order valence-electron chi connectivity index (χ4n) is 1.78. The van der Waals surface area contributed by atoms with Crippen molar-refractivity contribution in [2.24, 2.45) is 0 Å². The minimum Gasteiger partial charge on any atom is -0.491 e. The van der Waals surface area contributed by atoms with Gasteiger partial charge in [0.25, 0.3) is 0 Å². The van der Waals surface area contributed by atoms with Crippen LogP contribution >= 0.6 is 15.9 Å². The second kappa shape index (κ2) is 6.62. The monoisotopic (exact) mass is 319 g/mol. The molecule has 0 spiro atoms. The van der Waals surface area contributed by atoms with E-state index >= 15 is 0 Å². The third-order valence-electron chi connectivity index (χ3n) is 2.66. The number of ether oxygens (including phenoxy) is 1. The van der Waals surface area contributed by atoms with E-state index in [-0.39, 0.29) is 6.10 Å². The number of hydrogen-bond acceptors (Lipinski definition) is 2. The maximum Gasteiger partial charge on any atom is 0.124 e. The average Bonchev–Trinajstić information content (AvgIpc) is 2.39. The summed E-state index contributed by atoms with van der Waals surface area (Å²) in [4.78, 5) is 0. The standard InChI is InChI=1S/C16H18BrNO/c1-12(2)19-16-6-4-3-5-13(16)11-18-15-9-7-14(17)8-10-15/h3-10,12,18H,11H2,1-2H3. The molecule has 0 aliphatic rings. The lowest BCUT2D eigenvalue weighted by molar-refractivity contribution is 0.240. The fourth-order valence-corrected chi connectivity index (χ4v) is 2.05. The number of halogens is 1. The predicted octanol–water partition coefficient (Wildman–Crippen LogP) is 4.85. The average molecular weight is 320 g/mol. The Morgan fingerprint density at radius 2 is 1.74 bits per heavy atom. The molecule has 0 saturated carbocycles. The molecule has 0 atom stereocenters. The summed E-state index contributed by atoms with van der Waals surface area (Å²) in [5.74, 6) is 0.946. The van der Waals surface area contributed by atoms with Gasteiger partial charge in [0.2, 0.25) is 0 Å². The minimum atomic E-state index is 0.189. The normalized spacial score (nSPS) is 10.5. The number of rotatable bonds is 5. The molecule has 2 nitrogen and oxygen atoms in total. The molecule has 3 heteroatoms. The van der Waals surface area contributed by atoms with Crippen LogP contribution in [0.4, 0.5) is 5.69 Å². The van der Waals surface area contributed by atoms with Crippen molar-refractivity contribution in [1.29, 1.82) is 0 Å². The summed E-state index contributed by atoms with van der Waals surface area (Å²) < 4.78 is 6.89. The summed E-state index contributed by atoms with van der Waals surface area (Å²) in [6.07, 6.45) is 0.189. The highest BCUT2D eigenvalue weighted by atomic mass is 79.9. The topological polar surface area (TPSA) is 21.3 Å². The van der Waals surface area contributed by atoms with E-state index in [0.717, 1.165) is 22.5 Å². The van der Waals surface area contributed by atoms with Gasteiger partial charge in [0.1, 0.15) is 5.75 Å². The molecule has 1 N–H and O–H groups in total. The van der Waals surface area contributed by atoms with Crippen LogP contribution in [0.15, 0.2) is 53.0 Å². The summed E-state index contributed by atoms with van der Waals surface area (Å²) in [5, 5.41) is 3.40. The molecule has 2 rings (SSSR count). The molecule has 0 bridgehead atoms. The molecule has 2 aromatic carbocycles. The molecule has 0 amide bonds. The van der Waals surface area contributed by atoms with Crippen LogP contribution in [-0.2, 0) is 6.54 Å².